The van der Waals surface area contributed by atoms with Crippen molar-refractivity contribution in [2.75, 3.05) is 0 Å². The van der Waals surface area contributed by atoms with Crippen molar-refractivity contribution in [1.82, 2.24) is 10.1 Å². The van der Waals surface area contributed by atoms with Crippen LogP contribution in [0.3, 0.4) is 0 Å². The molecule has 1 aromatic carbocycles. The van der Waals surface area contributed by atoms with Gasteiger partial charge in [0.15, 0.2) is 5.82 Å². The largest absolute Gasteiger partial charge is 0.339 e. The number of benzene rings is 1. The van der Waals surface area contributed by atoms with Gasteiger partial charge in [-0.15, -0.1) is 0 Å². The normalized spacial score (nSPS) is 14.6. The second-order valence-electron chi connectivity index (χ2n) is 5.34. The highest BCUT2D eigenvalue weighted by Crippen LogP contribution is 2.25. The maximum absolute atomic E-state index is 6.00. The zero-order chi connectivity index (χ0) is 13.8. The van der Waals surface area contributed by atoms with Gasteiger partial charge in [-0.1, -0.05) is 49.3 Å². The molecule has 4 heteroatoms. The Morgan fingerprint density at radius 1 is 1.16 bits per heavy atom. The van der Waals surface area contributed by atoms with Crippen LogP contribution in [0.2, 0.25) is 0 Å². The zero-order valence-corrected chi connectivity index (χ0v) is 11.7. The molecule has 0 aliphatic heterocycles. The number of rotatable bonds is 5. The lowest BCUT2D eigenvalue weighted by Crippen LogP contribution is -2.28. The fourth-order valence-corrected chi connectivity index (χ4v) is 2.37. The van der Waals surface area contributed by atoms with Gasteiger partial charge in [-0.2, -0.15) is 4.98 Å². The van der Waals surface area contributed by atoms with E-state index in [1.165, 1.54) is 5.56 Å². The number of nitrogens with zero attached hydrogens (tertiary/aromatic N) is 2. The SMILES string of the molecule is CC(C)C(c1nc(Cc2ccccc2)no1)C(C)N. The topological polar surface area (TPSA) is 64.9 Å². The minimum atomic E-state index is 0.00465. The highest BCUT2D eigenvalue weighted by atomic mass is 16.5. The molecule has 0 aliphatic rings. The van der Waals surface area contributed by atoms with Crippen molar-refractivity contribution in [3.63, 3.8) is 0 Å². The van der Waals surface area contributed by atoms with Crippen LogP contribution >= 0.6 is 0 Å². The third-order valence-corrected chi connectivity index (χ3v) is 3.26. The molecule has 1 aromatic heterocycles. The maximum Gasteiger partial charge on any atom is 0.231 e. The average molecular weight is 259 g/mol. The summed E-state index contributed by atoms with van der Waals surface area (Å²) >= 11 is 0. The van der Waals surface area contributed by atoms with Crippen LogP contribution in [-0.4, -0.2) is 16.2 Å². The first-order chi connectivity index (χ1) is 9.08. The molecule has 0 bridgehead atoms. The molecule has 0 aliphatic carbocycles. The summed E-state index contributed by atoms with van der Waals surface area (Å²) in [5.74, 6) is 1.85. The van der Waals surface area contributed by atoms with Crippen LogP contribution in [0.25, 0.3) is 0 Å². The molecule has 4 nitrogen and oxygen atoms in total. The van der Waals surface area contributed by atoms with Gasteiger partial charge < -0.3 is 10.3 Å². The summed E-state index contributed by atoms with van der Waals surface area (Å²) < 4.78 is 5.38. The lowest BCUT2D eigenvalue weighted by atomic mass is 9.90. The first-order valence-corrected chi connectivity index (χ1v) is 6.70. The van der Waals surface area contributed by atoms with E-state index >= 15 is 0 Å². The average Bonchev–Trinajstić information content (AvgIpc) is 2.77. The summed E-state index contributed by atoms with van der Waals surface area (Å²) in [7, 11) is 0. The Hall–Kier alpha value is -1.68. The summed E-state index contributed by atoms with van der Waals surface area (Å²) in [4.78, 5) is 4.49. The molecule has 2 atom stereocenters. The molecule has 2 unspecified atom stereocenters. The smallest absolute Gasteiger partial charge is 0.231 e. The third kappa shape index (κ3) is 3.41. The minimum Gasteiger partial charge on any atom is -0.339 e. The summed E-state index contributed by atoms with van der Waals surface area (Å²) in [6, 6.07) is 10.1. The van der Waals surface area contributed by atoms with Crippen LogP contribution in [-0.2, 0) is 6.42 Å². The molecule has 2 rings (SSSR count). The molecule has 2 N–H and O–H groups in total. The lowest BCUT2D eigenvalue weighted by molar-refractivity contribution is 0.298. The van der Waals surface area contributed by atoms with Crippen LogP contribution in [0, 0.1) is 5.92 Å². The van der Waals surface area contributed by atoms with Gasteiger partial charge in [0.25, 0.3) is 0 Å². The van der Waals surface area contributed by atoms with Crippen LogP contribution in [0.15, 0.2) is 34.9 Å². The van der Waals surface area contributed by atoms with Gasteiger partial charge in [0.1, 0.15) is 0 Å². The van der Waals surface area contributed by atoms with Gasteiger partial charge in [0, 0.05) is 12.5 Å². The van der Waals surface area contributed by atoms with E-state index in [0.29, 0.717) is 24.1 Å². The molecule has 19 heavy (non-hydrogen) atoms. The summed E-state index contributed by atoms with van der Waals surface area (Å²) in [5, 5.41) is 4.06. The fraction of sp³-hybridized carbons (Fsp3) is 0.467. The molecule has 0 fully saturated rings. The molecule has 0 radical (unpaired) electrons. The van der Waals surface area contributed by atoms with Gasteiger partial charge in [-0.3, -0.25) is 0 Å². The molecular weight excluding hydrogens is 238 g/mol. The Morgan fingerprint density at radius 3 is 2.42 bits per heavy atom. The molecule has 0 spiro atoms. The maximum atomic E-state index is 6.00. The molecule has 0 saturated heterocycles. The molecule has 2 aromatic rings. The Morgan fingerprint density at radius 2 is 1.84 bits per heavy atom. The Bertz CT molecular complexity index is 497. The van der Waals surface area contributed by atoms with Gasteiger partial charge >= 0.3 is 0 Å². The number of aromatic nitrogens is 2. The highest BCUT2D eigenvalue weighted by Gasteiger charge is 2.26. The summed E-state index contributed by atoms with van der Waals surface area (Å²) in [6.45, 7) is 6.22. The highest BCUT2D eigenvalue weighted by molar-refractivity contribution is 5.18. The predicted molar refractivity (Wildman–Crippen MR) is 74.8 cm³/mol. The predicted octanol–water partition coefficient (Wildman–Crippen LogP) is 2.75. The zero-order valence-electron chi connectivity index (χ0n) is 11.7. The molecule has 0 amide bonds. The number of nitrogens with two attached hydrogens (primary N) is 1. The fourth-order valence-electron chi connectivity index (χ4n) is 2.37. The Labute approximate surface area is 114 Å². The second kappa shape index (κ2) is 5.97. The van der Waals surface area contributed by atoms with E-state index in [1.807, 2.05) is 25.1 Å². The second-order valence-corrected chi connectivity index (χ2v) is 5.34. The van der Waals surface area contributed by atoms with E-state index in [1.54, 1.807) is 0 Å². The monoisotopic (exact) mass is 259 g/mol. The van der Waals surface area contributed by atoms with E-state index in [4.69, 9.17) is 10.3 Å². The Kier molecular flexibility index (Phi) is 4.32. The van der Waals surface area contributed by atoms with Gasteiger partial charge in [-0.05, 0) is 18.4 Å². The first kappa shape index (κ1) is 13.7. The van der Waals surface area contributed by atoms with Crippen molar-refractivity contribution in [2.24, 2.45) is 11.7 Å². The molecule has 1 heterocycles. The van der Waals surface area contributed by atoms with E-state index in [0.717, 1.165) is 0 Å². The molecule has 0 saturated carbocycles. The van der Waals surface area contributed by atoms with E-state index in [2.05, 4.69) is 36.1 Å². The summed E-state index contributed by atoms with van der Waals surface area (Å²) in [5.41, 5.74) is 7.18. The van der Waals surface area contributed by atoms with E-state index < -0.39 is 0 Å². The van der Waals surface area contributed by atoms with E-state index in [-0.39, 0.29) is 12.0 Å². The van der Waals surface area contributed by atoms with Crippen molar-refractivity contribution < 1.29 is 4.52 Å². The minimum absolute atomic E-state index is 0.00465. The van der Waals surface area contributed by atoms with Crippen molar-refractivity contribution in [2.45, 2.75) is 39.2 Å². The van der Waals surface area contributed by atoms with Crippen LogP contribution in [0.4, 0.5) is 0 Å². The quantitative estimate of drug-likeness (QED) is 0.896. The van der Waals surface area contributed by atoms with Gasteiger partial charge in [-0.25, -0.2) is 0 Å². The Balaban J connectivity index is 2.14. The molecular formula is C15H21N3O. The standard InChI is InChI=1S/C15H21N3O/c1-10(2)14(11(3)16)15-17-13(18-19-15)9-12-7-5-4-6-8-12/h4-8,10-11,14H,9,16H2,1-3H3. The first-order valence-electron chi connectivity index (χ1n) is 6.70. The molecule has 102 valence electrons. The van der Waals surface area contributed by atoms with Gasteiger partial charge in [0.05, 0.1) is 5.92 Å². The van der Waals surface area contributed by atoms with Crippen molar-refractivity contribution in [3.8, 4) is 0 Å². The van der Waals surface area contributed by atoms with Crippen molar-refractivity contribution >= 4 is 0 Å². The number of hydrogen-bond donors (Lipinski definition) is 1. The van der Waals surface area contributed by atoms with Crippen LogP contribution in [0.5, 0.6) is 0 Å². The van der Waals surface area contributed by atoms with E-state index in [9.17, 15) is 0 Å². The third-order valence-electron chi connectivity index (χ3n) is 3.26. The van der Waals surface area contributed by atoms with Gasteiger partial charge in [0.2, 0.25) is 5.89 Å². The van der Waals surface area contributed by atoms with Crippen molar-refractivity contribution in [3.05, 3.63) is 47.6 Å². The number of hydrogen-bond acceptors (Lipinski definition) is 4. The summed E-state index contributed by atoms with van der Waals surface area (Å²) in [6.07, 6.45) is 0.689. The van der Waals surface area contributed by atoms with Crippen molar-refractivity contribution in [1.29, 1.82) is 0 Å². The van der Waals surface area contributed by atoms with Crippen LogP contribution in [0.1, 0.15) is 44.0 Å². The lowest BCUT2D eigenvalue weighted by Gasteiger charge is -2.20. The van der Waals surface area contributed by atoms with Crippen LogP contribution < -0.4 is 5.73 Å².